The first kappa shape index (κ1) is 23.6. The van der Waals surface area contributed by atoms with E-state index in [4.69, 9.17) is 23.2 Å². The van der Waals surface area contributed by atoms with Gasteiger partial charge in [-0.1, -0.05) is 30.1 Å². The van der Waals surface area contributed by atoms with Crippen molar-refractivity contribution in [3.8, 4) is 5.69 Å². The molecular formula is C21H17Cl2F3N4O2. The zero-order chi connectivity index (χ0) is 23.5. The van der Waals surface area contributed by atoms with Crippen LogP contribution in [-0.2, 0) is 6.18 Å². The van der Waals surface area contributed by atoms with Crippen molar-refractivity contribution in [2.45, 2.75) is 19.5 Å². The zero-order valence-electron chi connectivity index (χ0n) is 16.6. The number of carbonyl (C=O) groups is 2. The van der Waals surface area contributed by atoms with Gasteiger partial charge in [0, 0.05) is 17.3 Å². The second kappa shape index (κ2) is 9.62. The number of nitrogens with zero attached hydrogens (tertiary/aromatic N) is 2. The highest BCUT2D eigenvalue weighted by atomic mass is 35.5. The van der Waals surface area contributed by atoms with E-state index in [0.29, 0.717) is 16.2 Å². The van der Waals surface area contributed by atoms with Crippen LogP contribution in [0.25, 0.3) is 5.69 Å². The molecule has 0 saturated heterocycles. The maximum Gasteiger partial charge on any atom is 0.434 e. The van der Waals surface area contributed by atoms with Crippen LogP contribution in [0.1, 0.15) is 39.8 Å². The van der Waals surface area contributed by atoms with Gasteiger partial charge in [-0.25, -0.2) is 4.68 Å². The molecule has 1 aromatic heterocycles. The lowest BCUT2D eigenvalue weighted by atomic mass is 10.1. The molecule has 0 aliphatic rings. The minimum Gasteiger partial charge on any atom is -0.352 e. The van der Waals surface area contributed by atoms with Crippen LogP contribution in [0.4, 0.5) is 18.9 Å². The Kier molecular flexibility index (Phi) is 7.10. The zero-order valence-corrected chi connectivity index (χ0v) is 18.1. The van der Waals surface area contributed by atoms with Crippen LogP contribution in [-0.4, -0.2) is 28.1 Å². The van der Waals surface area contributed by atoms with Gasteiger partial charge in [0.25, 0.3) is 11.8 Å². The topological polar surface area (TPSA) is 76.0 Å². The molecule has 0 radical (unpaired) electrons. The molecule has 0 bridgehead atoms. The van der Waals surface area contributed by atoms with Crippen LogP contribution < -0.4 is 10.6 Å². The van der Waals surface area contributed by atoms with Crippen molar-refractivity contribution in [3.63, 3.8) is 0 Å². The predicted molar refractivity (Wildman–Crippen MR) is 116 cm³/mol. The molecule has 2 aromatic carbocycles. The first-order valence-corrected chi connectivity index (χ1v) is 10.2. The monoisotopic (exact) mass is 484 g/mol. The molecule has 0 unspecified atom stereocenters. The first-order chi connectivity index (χ1) is 15.1. The fraction of sp³-hybridized carbons (Fsp3) is 0.190. The van der Waals surface area contributed by atoms with Gasteiger partial charge in [0.15, 0.2) is 5.69 Å². The number of hydrogen-bond acceptors (Lipinski definition) is 3. The maximum atomic E-state index is 13.8. The van der Waals surface area contributed by atoms with E-state index in [9.17, 15) is 22.8 Å². The summed E-state index contributed by atoms with van der Waals surface area (Å²) in [5.74, 6) is -1.42. The number of nitrogens with one attached hydrogen (secondary N) is 2. The Balaban J connectivity index is 1.89. The number of anilines is 1. The van der Waals surface area contributed by atoms with Gasteiger partial charge in [0.1, 0.15) is 0 Å². The third-order valence-electron chi connectivity index (χ3n) is 4.36. The Morgan fingerprint density at radius 3 is 2.31 bits per heavy atom. The number of alkyl halides is 3. The van der Waals surface area contributed by atoms with Crippen LogP contribution in [0.15, 0.2) is 48.7 Å². The Bertz CT molecular complexity index is 1140. The van der Waals surface area contributed by atoms with Gasteiger partial charge in [-0.2, -0.15) is 18.3 Å². The Labute approximate surface area is 191 Å². The van der Waals surface area contributed by atoms with Crippen molar-refractivity contribution in [2.24, 2.45) is 0 Å². The van der Waals surface area contributed by atoms with E-state index in [-0.39, 0.29) is 22.0 Å². The van der Waals surface area contributed by atoms with E-state index in [2.05, 4.69) is 15.7 Å². The SMILES string of the molecule is CCCNC(=O)c1ccc(NC(=O)c2cnn(-c3ccc(Cl)cc3)c2C(F)(F)F)cc1Cl. The van der Waals surface area contributed by atoms with E-state index in [1.165, 1.54) is 42.5 Å². The molecule has 3 aromatic rings. The summed E-state index contributed by atoms with van der Waals surface area (Å²) in [5.41, 5.74) is -1.51. The van der Waals surface area contributed by atoms with E-state index in [1.807, 2.05) is 6.92 Å². The van der Waals surface area contributed by atoms with Crippen molar-refractivity contribution in [1.82, 2.24) is 15.1 Å². The molecule has 2 N–H and O–H groups in total. The Morgan fingerprint density at radius 1 is 1.03 bits per heavy atom. The average Bonchev–Trinajstić information content (AvgIpc) is 3.18. The number of amides is 2. The lowest BCUT2D eigenvalue weighted by Crippen LogP contribution is -2.24. The van der Waals surface area contributed by atoms with E-state index in [1.54, 1.807) is 0 Å². The van der Waals surface area contributed by atoms with Crippen LogP contribution in [0.2, 0.25) is 10.0 Å². The molecule has 11 heteroatoms. The summed E-state index contributed by atoms with van der Waals surface area (Å²) >= 11 is 11.9. The number of benzene rings is 2. The lowest BCUT2D eigenvalue weighted by molar-refractivity contribution is -0.143. The number of halogens is 5. The lowest BCUT2D eigenvalue weighted by Gasteiger charge is -2.13. The van der Waals surface area contributed by atoms with Crippen molar-refractivity contribution in [2.75, 3.05) is 11.9 Å². The summed E-state index contributed by atoms with van der Waals surface area (Å²) in [4.78, 5) is 24.7. The molecule has 0 aliphatic heterocycles. The molecule has 2 amide bonds. The molecule has 0 spiro atoms. The predicted octanol–water partition coefficient (Wildman–Crippen LogP) is 5.59. The Hall–Kier alpha value is -3.04. The molecule has 6 nitrogen and oxygen atoms in total. The summed E-state index contributed by atoms with van der Waals surface area (Å²) < 4.78 is 42.0. The summed E-state index contributed by atoms with van der Waals surface area (Å²) in [6.07, 6.45) is -3.29. The number of carbonyl (C=O) groups excluding carboxylic acids is 2. The number of hydrogen-bond donors (Lipinski definition) is 2. The van der Waals surface area contributed by atoms with Crippen LogP contribution in [0.3, 0.4) is 0 Å². The van der Waals surface area contributed by atoms with Gasteiger partial charge in [0.05, 0.1) is 28.0 Å². The van der Waals surface area contributed by atoms with E-state index >= 15 is 0 Å². The molecular weight excluding hydrogens is 468 g/mol. The maximum absolute atomic E-state index is 13.8. The quantitative estimate of drug-likeness (QED) is 0.478. The number of rotatable bonds is 6. The minimum atomic E-state index is -4.86. The van der Waals surface area contributed by atoms with Gasteiger partial charge in [-0.05, 0) is 48.9 Å². The normalized spacial score (nSPS) is 11.3. The minimum absolute atomic E-state index is 0.0457. The summed E-state index contributed by atoms with van der Waals surface area (Å²) in [6, 6.07) is 9.59. The highest BCUT2D eigenvalue weighted by Crippen LogP contribution is 2.34. The van der Waals surface area contributed by atoms with Gasteiger partial charge in [0.2, 0.25) is 0 Å². The Morgan fingerprint density at radius 2 is 1.72 bits per heavy atom. The fourth-order valence-corrected chi connectivity index (χ4v) is 3.27. The van der Waals surface area contributed by atoms with Gasteiger partial charge >= 0.3 is 6.18 Å². The highest BCUT2D eigenvalue weighted by molar-refractivity contribution is 6.34. The second-order valence-corrected chi connectivity index (χ2v) is 7.54. The molecule has 3 rings (SSSR count). The average molecular weight is 485 g/mol. The highest BCUT2D eigenvalue weighted by Gasteiger charge is 2.40. The summed E-state index contributed by atoms with van der Waals surface area (Å²) in [5, 5.41) is 9.16. The van der Waals surface area contributed by atoms with Gasteiger partial charge in [-0.15, -0.1) is 0 Å². The summed E-state index contributed by atoms with van der Waals surface area (Å²) in [7, 11) is 0. The van der Waals surface area contributed by atoms with Crippen LogP contribution in [0.5, 0.6) is 0 Å². The fourth-order valence-electron chi connectivity index (χ4n) is 2.87. The van der Waals surface area contributed by atoms with Crippen LogP contribution in [0, 0.1) is 0 Å². The van der Waals surface area contributed by atoms with Crippen molar-refractivity contribution < 1.29 is 22.8 Å². The van der Waals surface area contributed by atoms with Gasteiger partial charge < -0.3 is 10.6 Å². The third-order valence-corrected chi connectivity index (χ3v) is 4.93. The van der Waals surface area contributed by atoms with E-state index < -0.39 is 29.2 Å². The number of aromatic nitrogens is 2. The molecule has 0 atom stereocenters. The van der Waals surface area contributed by atoms with Gasteiger partial charge in [-0.3, -0.25) is 9.59 Å². The molecule has 0 aliphatic carbocycles. The first-order valence-electron chi connectivity index (χ1n) is 9.42. The smallest absolute Gasteiger partial charge is 0.352 e. The van der Waals surface area contributed by atoms with Crippen molar-refractivity contribution in [3.05, 3.63) is 75.5 Å². The third kappa shape index (κ3) is 5.23. The van der Waals surface area contributed by atoms with E-state index in [0.717, 1.165) is 12.6 Å². The summed E-state index contributed by atoms with van der Waals surface area (Å²) in [6.45, 7) is 2.36. The standard InChI is InChI=1S/C21H17Cl2F3N4O2/c1-2-9-27-19(31)15-8-5-13(10-17(15)23)29-20(32)16-11-28-30(18(16)21(24,25)26)14-6-3-12(22)4-7-14/h3-8,10-11H,2,9H2,1H3,(H,27,31)(H,29,32). The molecule has 168 valence electrons. The molecule has 32 heavy (non-hydrogen) atoms. The second-order valence-electron chi connectivity index (χ2n) is 6.70. The van der Waals surface area contributed by atoms with Crippen LogP contribution >= 0.6 is 23.2 Å². The van der Waals surface area contributed by atoms with Crippen molar-refractivity contribution in [1.29, 1.82) is 0 Å². The molecule has 0 saturated carbocycles. The molecule has 0 fully saturated rings. The van der Waals surface area contributed by atoms with Crippen molar-refractivity contribution >= 4 is 40.7 Å². The largest absolute Gasteiger partial charge is 0.434 e. The molecule has 1 heterocycles.